The van der Waals surface area contributed by atoms with Gasteiger partial charge in [0.25, 0.3) is 0 Å². The molecule has 0 radical (unpaired) electrons. The fourth-order valence-corrected chi connectivity index (χ4v) is 4.47. The molecular weight excluding hydrogens is 392 g/mol. The molecule has 0 aliphatic carbocycles. The molecule has 2 N–H and O–H groups in total. The maximum absolute atomic E-state index is 12.4. The molecule has 0 saturated heterocycles. The number of carbonyl (C=O) groups excluding carboxylic acids is 1. The van der Waals surface area contributed by atoms with Crippen LogP contribution in [-0.4, -0.2) is 28.5 Å². The number of benzene rings is 2. The number of methoxy groups -OCH3 is 1. The van der Waals surface area contributed by atoms with Crippen molar-refractivity contribution in [2.24, 2.45) is 0 Å². The minimum Gasteiger partial charge on any atom is -0.496 e. The molecule has 1 amide bonds. The van der Waals surface area contributed by atoms with Gasteiger partial charge in [-0.05, 0) is 37.6 Å². The van der Waals surface area contributed by atoms with Crippen LogP contribution in [0.2, 0.25) is 0 Å². The Hall–Kier alpha value is -2.58. The maximum Gasteiger partial charge on any atom is 0.233 e. The maximum atomic E-state index is 12.4. The predicted molar refractivity (Wildman–Crippen MR) is 115 cm³/mol. The second-order valence-electron chi connectivity index (χ2n) is 6.16. The van der Waals surface area contributed by atoms with E-state index in [0.717, 1.165) is 21.3 Å². The van der Waals surface area contributed by atoms with Gasteiger partial charge in [-0.3, -0.25) is 4.79 Å². The van der Waals surface area contributed by atoms with Crippen LogP contribution in [0, 0.1) is 6.92 Å². The highest BCUT2D eigenvalue weighted by molar-refractivity contribution is 8.02. The van der Waals surface area contributed by atoms with Gasteiger partial charge in [-0.2, -0.15) is 0 Å². The summed E-state index contributed by atoms with van der Waals surface area (Å²) in [4.78, 5) is 12.4. The molecule has 146 valence electrons. The average molecular weight is 415 g/mol. The first-order chi connectivity index (χ1) is 13.5. The van der Waals surface area contributed by atoms with E-state index in [1.807, 2.05) is 62.4 Å². The molecule has 1 heterocycles. The van der Waals surface area contributed by atoms with Crippen molar-refractivity contribution in [1.29, 1.82) is 0 Å². The van der Waals surface area contributed by atoms with Crippen molar-refractivity contribution in [3.63, 3.8) is 0 Å². The summed E-state index contributed by atoms with van der Waals surface area (Å²) >= 11 is 2.82. The summed E-state index contributed by atoms with van der Waals surface area (Å²) in [5, 5.41) is 14.9. The van der Waals surface area contributed by atoms with Crippen molar-refractivity contribution >= 4 is 39.8 Å². The molecular formula is C20H22N4O2S2. The summed E-state index contributed by atoms with van der Waals surface area (Å²) in [6.07, 6.45) is 0. The zero-order valence-electron chi connectivity index (χ0n) is 15.9. The number of hydrogen-bond acceptors (Lipinski definition) is 7. The highest BCUT2D eigenvalue weighted by atomic mass is 32.2. The lowest BCUT2D eigenvalue weighted by molar-refractivity contribution is -0.120. The van der Waals surface area contributed by atoms with E-state index < -0.39 is 0 Å². The monoisotopic (exact) mass is 414 g/mol. The van der Waals surface area contributed by atoms with Crippen LogP contribution in [0.5, 0.6) is 5.75 Å². The van der Waals surface area contributed by atoms with Crippen LogP contribution >= 0.6 is 23.1 Å². The Bertz CT molecular complexity index is 945. The molecule has 2 aromatic carbocycles. The topological polar surface area (TPSA) is 76.1 Å². The minimum absolute atomic E-state index is 0.0562. The third kappa shape index (κ3) is 5.46. The van der Waals surface area contributed by atoms with E-state index >= 15 is 0 Å². The molecule has 0 saturated carbocycles. The quantitative estimate of drug-likeness (QED) is 0.532. The van der Waals surface area contributed by atoms with E-state index in [-0.39, 0.29) is 11.2 Å². The second kappa shape index (κ2) is 9.57. The van der Waals surface area contributed by atoms with Gasteiger partial charge >= 0.3 is 0 Å². The SMILES string of the molecule is COc1ccccc1CNC(=O)[C@@H](C)Sc1nnc(Nc2cccc(C)c2)s1. The van der Waals surface area contributed by atoms with Crippen molar-refractivity contribution < 1.29 is 9.53 Å². The predicted octanol–water partition coefficient (Wildman–Crippen LogP) is 4.40. The molecule has 0 bridgehead atoms. The Labute approximate surface area is 172 Å². The zero-order chi connectivity index (χ0) is 19.9. The Kier molecular flexibility index (Phi) is 6.89. The minimum atomic E-state index is -0.283. The molecule has 3 aromatic rings. The molecule has 28 heavy (non-hydrogen) atoms. The van der Waals surface area contributed by atoms with Gasteiger partial charge in [0.2, 0.25) is 11.0 Å². The third-order valence-corrected chi connectivity index (χ3v) is 5.99. The Balaban J connectivity index is 1.53. The van der Waals surface area contributed by atoms with Gasteiger partial charge in [0.1, 0.15) is 5.75 Å². The number of thioether (sulfide) groups is 1. The third-order valence-electron chi connectivity index (χ3n) is 3.97. The number of aryl methyl sites for hydroxylation is 1. The number of nitrogens with one attached hydrogen (secondary N) is 2. The lowest BCUT2D eigenvalue weighted by Gasteiger charge is -2.12. The van der Waals surface area contributed by atoms with E-state index in [1.54, 1.807) is 7.11 Å². The van der Waals surface area contributed by atoms with Gasteiger partial charge in [-0.1, -0.05) is 53.4 Å². The Morgan fingerprint density at radius 1 is 1.21 bits per heavy atom. The summed E-state index contributed by atoms with van der Waals surface area (Å²) in [7, 11) is 1.62. The van der Waals surface area contributed by atoms with E-state index in [2.05, 4.69) is 20.8 Å². The fraction of sp³-hybridized carbons (Fsp3) is 0.250. The lowest BCUT2D eigenvalue weighted by Crippen LogP contribution is -2.30. The Morgan fingerprint density at radius 3 is 2.82 bits per heavy atom. The smallest absolute Gasteiger partial charge is 0.233 e. The van der Waals surface area contributed by atoms with E-state index in [4.69, 9.17) is 4.74 Å². The van der Waals surface area contributed by atoms with Gasteiger partial charge in [0.05, 0.1) is 12.4 Å². The molecule has 8 heteroatoms. The van der Waals surface area contributed by atoms with Crippen LogP contribution in [0.4, 0.5) is 10.8 Å². The van der Waals surface area contributed by atoms with E-state index in [0.29, 0.717) is 11.7 Å². The first-order valence-corrected chi connectivity index (χ1v) is 10.5. The highest BCUT2D eigenvalue weighted by Gasteiger charge is 2.17. The summed E-state index contributed by atoms with van der Waals surface area (Å²) < 4.78 is 6.06. The number of carbonyl (C=O) groups is 1. The molecule has 6 nitrogen and oxygen atoms in total. The summed E-state index contributed by atoms with van der Waals surface area (Å²) in [6, 6.07) is 15.7. The van der Waals surface area contributed by atoms with Gasteiger partial charge in [-0.15, -0.1) is 10.2 Å². The van der Waals surface area contributed by atoms with Crippen molar-refractivity contribution in [2.45, 2.75) is 30.0 Å². The first kappa shape index (κ1) is 20.2. The fourth-order valence-electron chi connectivity index (χ4n) is 2.53. The molecule has 0 unspecified atom stereocenters. The zero-order valence-corrected chi connectivity index (χ0v) is 17.6. The van der Waals surface area contributed by atoms with Crippen LogP contribution in [-0.2, 0) is 11.3 Å². The van der Waals surface area contributed by atoms with Crippen molar-refractivity contribution in [3.05, 3.63) is 59.7 Å². The number of aromatic nitrogens is 2. The number of anilines is 2. The Morgan fingerprint density at radius 2 is 2.04 bits per heavy atom. The number of ether oxygens (including phenoxy) is 1. The molecule has 0 spiro atoms. The van der Waals surface area contributed by atoms with Gasteiger partial charge < -0.3 is 15.4 Å². The van der Waals surface area contributed by atoms with Crippen LogP contribution in [0.1, 0.15) is 18.1 Å². The molecule has 1 atom stereocenters. The van der Waals surface area contributed by atoms with Crippen LogP contribution < -0.4 is 15.4 Å². The van der Waals surface area contributed by atoms with E-state index in [1.165, 1.54) is 28.7 Å². The first-order valence-electron chi connectivity index (χ1n) is 8.78. The van der Waals surface area contributed by atoms with Gasteiger partial charge in [-0.25, -0.2) is 0 Å². The normalized spacial score (nSPS) is 11.7. The molecule has 0 aliphatic heterocycles. The van der Waals surface area contributed by atoms with Gasteiger partial charge in [0.15, 0.2) is 4.34 Å². The number of nitrogens with zero attached hydrogens (tertiary/aromatic N) is 2. The average Bonchev–Trinajstić information content (AvgIpc) is 3.12. The summed E-state index contributed by atoms with van der Waals surface area (Å²) in [5.74, 6) is 0.707. The van der Waals surface area contributed by atoms with Crippen molar-refractivity contribution in [3.8, 4) is 5.75 Å². The standard InChI is InChI=1S/C20H22N4O2S2/c1-13-7-6-9-16(11-13)22-19-23-24-20(28-19)27-14(2)18(25)21-12-15-8-4-5-10-17(15)26-3/h4-11,14H,12H2,1-3H3,(H,21,25)(H,22,23)/t14-/m1/s1. The van der Waals surface area contributed by atoms with Crippen LogP contribution in [0.25, 0.3) is 0 Å². The van der Waals surface area contributed by atoms with Crippen molar-refractivity contribution in [1.82, 2.24) is 15.5 Å². The molecule has 0 aliphatic rings. The highest BCUT2D eigenvalue weighted by Crippen LogP contribution is 2.30. The number of hydrogen-bond donors (Lipinski definition) is 2. The summed E-state index contributed by atoms with van der Waals surface area (Å²) in [5.41, 5.74) is 3.08. The number of amides is 1. The van der Waals surface area contributed by atoms with Crippen LogP contribution in [0.3, 0.4) is 0 Å². The largest absolute Gasteiger partial charge is 0.496 e. The second-order valence-corrected chi connectivity index (χ2v) is 8.72. The lowest BCUT2D eigenvalue weighted by atomic mass is 10.2. The number of para-hydroxylation sites is 1. The van der Waals surface area contributed by atoms with Gasteiger partial charge in [0, 0.05) is 17.8 Å². The van der Waals surface area contributed by atoms with E-state index in [9.17, 15) is 4.79 Å². The summed E-state index contributed by atoms with van der Waals surface area (Å²) in [6.45, 7) is 4.32. The number of rotatable bonds is 8. The molecule has 1 aromatic heterocycles. The molecule has 3 rings (SSSR count). The molecule has 0 fully saturated rings. The van der Waals surface area contributed by atoms with Crippen molar-refractivity contribution in [2.75, 3.05) is 12.4 Å². The van der Waals surface area contributed by atoms with Crippen LogP contribution in [0.15, 0.2) is 52.9 Å².